The molecule has 0 bridgehead atoms. The van der Waals surface area contributed by atoms with Crippen LogP contribution in [0.25, 0.3) is 0 Å². The van der Waals surface area contributed by atoms with Gasteiger partial charge in [0.1, 0.15) is 0 Å². The monoisotopic (exact) mass is 346 g/mol. The van der Waals surface area contributed by atoms with Crippen molar-refractivity contribution >= 4 is 5.96 Å². The Morgan fingerprint density at radius 2 is 1.84 bits per heavy atom. The van der Waals surface area contributed by atoms with E-state index in [1.807, 2.05) is 7.05 Å². The average molecular weight is 347 g/mol. The molecule has 0 aliphatic carbocycles. The SMILES string of the molecule is CN=C(NCC(c1ccc(C)cc1)N1CCCC1)NCC(C)(C)OC. The number of guanidine groups is 1. The quantitative estimate of drug-likeness (QED) is 0.589. The number of aryl methyl sites for hydroxylation is 1. The highest BCUT2D eigenvalue weighted by Gasteiger charge is 2.24. The summed E-state index contributed by atoms with van der Waals surface area (Å²) in [5.74, 6) is 0.821. The van der Waals surface area contributed by atoms with E-state index in [-0.39, 0.29) is 5.60 Å². The van der Waals surface area contributed by atoms with E-state index < -0.39 is 0 Å². The third-order valence-corrected chi connectivity index (χ3v) is 4.96. The summed E-state index contributed by atoms with van der Waals surface area (Å²) < 4.78 is 5.47. The number of rotatable bonds is 7. The molecule has 2 N–H and O–H groups in total. The van der Waals surface area contributed by atoms with Crippen molar-refractivity contribution in [2.75, 3.05) is 40.3 Å². The first kappa shape index (κ1) is 19.7. The Balaban J connectivity index is 1.99. The van der Waals surface area contributed by atoms with E-state index >= 15 is 0 Å². The fraction of sp³-hybridized carbons (Fsp3) is 0.650. The number of nitrogens with one attached hydrogen (secondary N) is 2. The number of ether oxygens (including phenoxy) is 1. The predicted octanol–water partition coefficient (Wildman–Crippen LogP) is 2.72. The van der Waals surface area contributed by atoms with Gasteiger partial charge in [0.25, 0.3) is 0 Å². The Hall–Kier alpha value is -1.59. The molecule has 1 fully saturated rings. The molecule has 0 spiro atoms. The van der Waals surface area contributed by atoms with E-state index in [9.17, 15) is 0 Å². The fourth-order valence-corrected chi connectivity index (χ4v) is 3.08. The number of hydrogen-bond acceptors (Lipinski definition) is 3. The Kier molecular flexibility index (Phi) is 7.26. The lowest BCUT2D eigenvalue weighted by atomic mass is 10.0. The van der Waals surface area contributed by atoms with Crippen LogP contribution in [0.4, 0.5) is 0 Å². The fourth-order valence-electron chi connectivity index (χ4n) is 3.08. The molecule has 5 heteroatoms. The highest BCUT2D eigenvalue weighted by molar-refractivity contribution is 5.79. The van der Waals surface area contributed by atoms with Crippen molar-refractivity contribution in [3.8, 4) is 0 Å². The molecule has 1 aliphatic heterocycles. The molecule has 25 heavy (non-hydrogen) atoms. The van der Waals surface area contributed by atoms with Gasteiger partial charge >= 0.3 is 0 Å². The van der Waals surface area contributed by atoms with Gasteiger partial charge in [-0.05, 0) is 52.3 Å². The molecule has 5 nitrogen and oxygen atoms in total. The van der Waals surface area contributed by atoms with Crippen molar-refractivity contribution in [3.05, 3.63) is 35.4 Å². The predicted molar refractivity (Wildman–Crippen MR) is 105 cm³/mol. The van der Waals surface area contributed by atoms with Gasteiger partial charge in [-0.3, -0.25) is 9.89 Å². The minimum absolute atomic E-state index is 0.219. The highest BCUT2D eigenvalue weighted by Crippen LogP contribution is 2.24. The van der Waals surface area contributed by atoms with Crippen LogP contribution in [0.2, 0.25) is 0 Å². The number of likely N-dealkylation sites (tertiary alicyclic amines) is 1. The van der Waals surface area contributed by atoms with Crippen LogP contribution in [-0.2, 0) is 4.74 Å². The van der Waals surface area contributed by atoms with E-state index in [1.165, 1.54) is 37.1 Å². The van der Waals surface area contributed by atoms with Crippen LogP contribution in [0.3, 0.4) is 0 Å². The zero-order valence-electron chi connectivity index (χ0n) is 16.4. The van der Waals surface area contributed by atoms with E-state index in [1.54, 1.807) is 7.11 Å². The van der Waals surface area contributed by atoms with Crippen LogP contribution in [0.1, 0.15) is 43.9 Å². The Labute approximate surface area is 152 Å². The number of methoxy groups -OCH3 is 1. The largest absolute Gasteiger partial charge is 0.377 e. The molecule has 1 aromatic rings. The molecule has 1 atom stereocenters. The van der Waals surface area contributed by atoms with Crippen LogP contribution in [0.5, 0.6) is 0 Å². The molecule has 0 aromatic heterocycles. The lowest BCUT2D eigenvalue weighted by Gasteiger charge is -2.30. The van der Waals surface area contributed by atoms with Gasteiger partial charge < -0.3 is 15.4 Å². The van der Waals surface area contributed by atoms with Gasteiger partial charge in [0.2, 0.25) is 0 Å². The molecule has 0 amide bonds. The third kappa shape index (κ3) is 6.01. The van der Waals surface area contributed by atoms with E-state index in [0.29, 0.717) is 12.6 Å². The Morgan fingerprint density at radius 1 is 1.20 bits per heavy atom. The van der Waals surface area contributed by atoms with Crippen molar-refractivity contribution in [1.29, 1.82) is 0 Å². The van der Waals surface area contributed by atoms with E-state index in [0.717, 1.165) is 12.5 Å². The lowest BCUT2D eigenvalue weighted by molar-refractivity contribution is 0.0268. The second-order valence-electron chi connectivity index (χ2n) is 7.44. The van der Waals surface area contributed by atoms with Crippen LogP contribution < -0.4 is 10.6 Å². The molecular formula is C20H34N4O. The summed E-state index contributed by atoms with van der Waals surface area (Å²) in [6, 6.07) is 9.28. The van der Waals surface area contributed by atoms with Gasteiger partial charge in [0.15, 0.2) is 5.96 Å². The molecule has 1 saturated heterocycles. The van der Waals surface area contributed by atoms with Crippen molar-refractivity contribution in [2.24, 2.45) is 4.99 Å². The molecule has 0 radical (unpaired) electrons. The van der Waals surface area contributed by atoms with Crippen LogP contribution in [0, 0.1) is 6.92 Å². The number of benzene rings is 1. The average Bonchev–Trinajstić information content (AvgIpc) is 3.13. The van der Waals surface area contributed by atoms with Crippen LogP contribution in [0.15, 0.2) is 29.3 Å². The van der Waals surface area contributed by atoms with Crippen molar-refractivity contribution in [1.82, 2.24) is 15.5 Å². The normalized spacial score (nSPS) is 17.6. The van der Waals surface area contributed by atoms with Crippen LogP contribution >= 0.6 is 0 Å². The smallest absolute Gasteiger partial charge is 0.191 e. The molecule has 1 heterocycles. The standard InChI is InChI=1S/C20H34N4O/c1-16-8-10-17(11-9-16)18(24-12-6-7-13-24)14-22-19(21-4)23-15-20(2,3)25-5/h8-11,18H,6-7,12-15H2,1-5H3,(H2,21,22,23). The summed E-state index contributed by atoms with van der Waals surface area (Å²) >= 11 is 0. The second kappa shape index (κ2) is 9.20. The molecular weight excluding hydrogens is 312 g/mol. The maximum atomic E-state index is 5.47. The van der Waals surface area contributed by atoms with Crippen molar-refractivity contribution in [2.45, 2.75) is 45.3 Å². The minimum atomic E-state index is -0.219. The molecule has 2 rings (SSSR count). The second-order valence-corrected chi connectivity index (χ2v) is 7.44. The molecule has 1 aromatic carbocycles. The third-order valence-electron chi connectivity index (χ3n) is 4.96. The van der Waals surface area contributed by atoms with E-state index in [4.69, 9.17) is 4.74 Å². The Morgan fingerprint density at radius 3 is 2.40 bits per heavy atom. The topological polar surface area (TPSA) is 48.9 Å². The first-order valence-corrected chi connectivity index (χ1v) is 9.25. The summed E-state index contributed by atoms with van der Waals surface area (Å²) in [6.45, 7) is 10.2. The summed E-state index contributed by atoms with van der Waals surface area (Å²) in [5, 5.41) is 6.86. The van der Waals surface area contributed by atoms with Gasteiger partial charge in [-0.2, -0.15) is 0 Å². The van der Waals surface area contributed by atoms with Gasteiger partial charge in [-0.25, -0.2) is 0 Å². The first-order valence-electron chi connectivity index (χ1n) is 9.25. The summed E-state index contributed by atoms with van der Waals surface area (Å²) in [4.78, 5) is 6.93. The zero-order chi connectivity index (χ0) is 18.3. The summed E-state index contributed by atoms with van der Waals surface area (Å²) in [7, 11) is 3.55. The number of hydrogen-bond donors (Lipinski definition) is 2. The van der Waals surface area contributed by atoms with Crippen molar-refractivity contribution in [3.63, 3.8) is 0 Å². The summed E-state index contributed by atoms with van der Waals surface area (Å²) in [6.07, 6.45) is 2.58. The maximum Gasteiger partial charge on any atom is 0.191 e. The molecule has 1 unspecified atom stereocenters. The number of nitrogens with zero attached hydrogens (tertiary/aromatic N) is 2. The number of aliphatic imine (C=N–C) groups is 1. The van der Waals surface area contributed by atoms with E-state index in [2.05, 4.69) is 65.6 Å². The molecule has 0 saturated carbocycles. The molecule has 140 valence electrons. The van der Waals surface area contributed by atoms with Crippen molar-refractivity contribution < 1.29 is 4.74 Å². The lowest BCUT2D eigenvalue weighted by Crippen LogP contribution is -2.47. The van der Waals surface area contributed by atoms with Crippen LogP contribution in [-0.4, -0.2) is 56.8 Å². The summed E-state index contributed by atoms with van der Waals surface area (Å²) in [5.41, 5.74) is 2.45. The molecule has 1 aliphatic rings. The Bertz CT molecular complexity index is 547. The zero-order valence-corrected chi connectivity index (χ0v) is 16.4. The van der Waals surface area contributed by atoms with Gasteiger partial charge in [-0.15, -0.1) is 0 Å². The first-order chi connectivity index (χ1) is 11.9. The highest BCUT2D eigenvalue weighted by atomic mass is 16.5. The van der Waals surface area contributed by atoms with Gasteiger partial charge in [0.05, 0.1) is 11.6 Å². The van der Waals surface area contributed by atoms with Gasteiger partial charge in [-0.1, -0.05) is 29.8 Å². The maximum absolute atomic E-state index is 5.47. The minimum Gasteiger partial charge on any atom is -0.377 e. The van der Waals surface area contributed by atoms with Gasteiger partial charge in [0, 0.05) is 27.2 Å².